The zero-order valence-electron chi connectivity index (χ0n) is 10.0. The Labute approximate surface area is 110 Å². The molecule has 1 aliphatic heterocycles. The molecule has 17 heavy (non-hydrogen) atoms. The number of carbonyl (C=O) groups is 1. The fraction of sp³-hybridized carbons (Fsp3) is 0.462. The van der Waals surface area contributed by atoms with Crippen LogP contribution in [0.5, 0.6) is 0 Å². The quantitative estimate of drug-likeness (QED) is 0.931. The third-order valence-corrected chi connectivity index (χ3v) is 4.22. The number of rotatable bonds is 3. The maximum Gasteiger partial charge on any atom is 0.235 e. The fourth-order valence-corrected chi connectivity index (χ4v) is 2.08. The van der Waals surface area contributed by atoms with Crippen molar-refractivity contribution in [1.29, 1.82) is 0 Å². The summed E-state index contributed by atoms with van der Waals surface area (Å²) < 4.78 is 6.21. The van der Waals surface area contributed by atoms with Crippen molar-refractivity contribution in [3.63, 3.8) is 0 Å². The Morgan fingerprint density at radius 3 is 2.71 bits per heavy atom. The smallest absolute Gasteiger partial charge is 0.235 e. The van der Waals surface area contributed by atoms with E-state index < -0.39 is 0 Å². The van der Waals surface area contributed by atoms with Gasteiger partial charge in [0.25, 0.3) is 0 Å². The number of halogens is 1. The van der Waals surface area contributed by atoms with Gasteiger partial charge in [-0.1, -0.05) is 22.9 Å². The second kappa shape index (κ2) is 4.78. The summed E-state index contributed by atoms with van der Waals surface area (Å²) >= 11 is 3.44. The lowest BCUT2D eigenvalue weighted by molar-refractivity contribution is -0.156. The molecule has 0 atom stereocenters. The number of carbonyl (C=O) groups excluding carboxylic acids is 1. The minimum Gasteiger partial charge on any atom is -0.379 e. The van der Waals surface area contributed by atoms with Crippen molar-refractivity contribution in [2.45, 2.75) is 20.3 Å². The molecule has 0 unspecified atom stereocenters. The Kier molecular flexibility index (Phi) is 3.54. The number of benzene rings is 1. The molecule has 0 spiro atoms. The van der Waals surface area contributed by atoms with Gasteiger partial charge in [0.1, 0.15) is 0 Å². The number of hydrogen-bond acceptors (Lipinski definition) is 2. The Balaban J connectivity index is 2.10. The van der Waals surface area contributed by atoms with Gasteiger partial charge >= 0.3 is 0 Å². The number of hydrogen-bond donors (Lipinski definition) is 1. The summed E-state index contributed by atoms with van der Waals surface area (Å²) in [7, 11) is 0. The van der Waals surface area contributed by atoms with Crippen molar-refractivity contribution < 1.29 is 9.53 Å². The lowest BCUT2D eigenvalue weighted by atomic mass is 9.82. The molecule has 1 aromatic rings. The van der Waals surface area contributed by atoms with Crippen LogP contribution < -0.4 is 5.32 Å². The zero-order chi connectivity index (χ0) is 12.5. The van der Waals surface area contributed by atoms with E-state index >= 15 is 0 Å². The van der Waals surface area contributed by atoms with Crippen LogP contribution in [-0.2, 0) is 9.53 Å². The normalized spacial score (nSPS) is 17.4. The monoisotopic (exact) mass is 297 g/mol. The predicted molar refractivity (Wildman–Crippen MR) is 71.1 cm³/mol. The average Bonchev–Trinajstić information content (AvgIpc) is 2.23. The second-order valence-corrected chi connectivity index (χ2v) is 5.40. The summed E-state index contributed by atoms with van der Waals surface area (Å²) in [6.45, 7) is 5.09. The first-order chi connectivity index (χ1) is 8.07. The lowest BCUT2D eigenvalue weighted by Gasteiger charge is -2.39. The molecule has 1 heterocycles. The summed E-state index contributed by atoms with van der Waals surface area (Å²) in [6, 6.07) is 5.81. The van der Waals surface area contributed by atoms with E-state index in [1.807, 2.05) is 32.0 Å². The van der Waals surface area contributed by atoms with E-state index in [-0.39, 0.29) is 11.3 Å². The zero-order valence-corrected chi connectivity index (χ0v) is 11.6. The maximum absolute atomic E-state index is 12.1. The Morgan fingerprint density at radius 2 is 2.24 bits per heavy atom. The first-order valence-corrected chi connectivity index (χ1v) is 6.52. The van der Waals surface area contributed by atoms with Gasteiger partial charge in [-0.3, -0.25) is 4.79 Å². The molecule has 1 amide bonds. The van der Waals surface area contributed by atoms with Gasteiger partial charge in [0.15, 0.2) is 0 Å². The fourth-order valence-electron chi connectivity index (χ4n) is 1.83. The number of nitrogens with one attached hydrogen (secondary N) is 1. The van der Waals surface area contributed by atoms with Gasteiger partial charge in [-0.2, -0.15) is 0 Å². The third-order valence-electron chi connectivity index (χ3n) is 3.33. The Hall–Kier alpha value is -0.870. The van der Waals surface area contributed by atoms with E-state index in [2.05, 4.69) is 21.2 Å². The van der Waals surface area contributed by atoms with Crippen LogP contribution in [0, 0.1) is 12.3 Å². The molecule has 1 aliphatic rings. The number of ether oxygens (including phenoxy) is 1. The van der Waals surface area contributed by atoms with E-state index in [1.54, 1.807) is 0 Å². The summed E-state index contributed by atoms with van der Waals surface area (Å²) in [5.74, 6) is 0.0629. The maximum atomic E-state index is 12.1. The number of anilines is 1. The molecule has 1 N–H and O–H groups in total. The van der Waals surface area contributed by atoms with Crippen LogP contribution in [0.1, 0.15) is 18.9 Å². The van der Waals surface area contributed by atoms with Gasteiger partial charge in [-0.05, 0) is 37.1 Å². The molecule has 0 radical (unpaired) electrons. The van der Waals surface area contributed by atoms with E-state index in [0.717, 1.165) is 22.1 Å². The highest BCUT2D eigenvalue weighted by Gasteiger charge is 2.44. The third kappa shape index (κ3) is 2.38. The van der Waals surface area contributed by atoms with Gasteiger partial charge < -0.3 is 10.1 Å². The van der Waals surface area contributed by atoms with Crippen LogP contribution in [0.2, 0.25) is 0 Å². The van der Waals surface area contributed by atoms with Gasteiger partial charge in [0, 0.05) is 10.2 Å². The van der Waals surface area contributed by atoms with Gasteiger partial charge in [-0.25, -0.2) is 0 Å². The Morgan fingerprint density at radius 1 is 1.53 bits per heavy atom. The van der Waals surface area contributed by atoms with Crippen molar-refractivity contribution in [2.75, 3.05) is 18.5 Å². The van der Waals surface area contributed by atoms with E-state index in [0.29, 0.717) is 13.2 Å². The van der Waals surface area contributed by atoms with Crippen molar-refractivity contribution in [1.82, 2.24) is 0 Å². The molecule has 2 rings (SSSR count). The molecule has 1 aromatic carbocycles. The van der Waals surface area contributed by atoms with Gasteiger partial charge in [-0.15, -0.1) is 0 Å². The summed E-state index contributed by atoms with van der Waals surface area (Å²) in [4.78, 5) is 12.1. The molecular weight excluding hydrogens is 282 g/mol. The minimum absolute atomic E-state index is 0.0629. The van der Waals surface area contributed by atoms with E-state index in [1.165, 1.54) is 0 Å². The highest BCUT2D eigenvalue weighted by Crippen LogP contribution is 2.33. The second-order valence-electron chi connectivity index (χ2n) is 4.54. The Bertz CT molecular complexity index is 436. The van der Waals surface area contributed by atoms with E-state index in [4.69, 9.17) is 4.74 Å². The molecule has 1 fully saturated rings. The van der Waals surface area contributed by atoms with Gasteiger partial charge in [0.05, 0.1) is 18.6 Å². The molecule has 0 aromatic heterocycles. The predicted octanol–water partition coefficient (Wildman–Crippen LogP) is 3.12. The van der Waals surface area contributed by atoms with Gasteiger partial charge in [0.2, 0.25) is 5.91 Å². The molecule has 0 aliphatic carbocycles. The summed E-state index contributed by atoms with van der Waals surface area (Å²) in [5.41, 5.74) is 1.63. The summed E-state index contributed by atoms with van der Waals surface area (Å²) in [6.07, 6.45) is 0.814. The standard InChI is InChI=1S/C13H16BrNO2/c1-3-13(7-17-8-13)12(16)15-10-4-5-11(14)9(2)6-10/h4-6H,3,7-8H2,1-2H3,(H,15,16). The molecule has 0 saturated carbocycles. The van der Waals surface area contributed by atoms with Crippen molar-refractivity contribution in [2.24, 2.45) is 5.41 Å². The first kappa shape index (κ1) is 12.6. The van der Waals surface area contributed by atoms with Crippen LogP contribution in [0.3, 0.4) is 0 Å². The first-order valence-electron chi connectivity index (χ1n) is 5.73. The van der Waals surface area contributed by atoms with Crippen molar-refractivity contribution in [3.05, 3.63) is 28.2 Å². The number of aryl methyl sites for hydroxylation is 1. The summed E-state index contributed by atoms with van der Waals surface area (Å²) in [5, 5.41) is 2.96. The van der Waals surface area contributed by atoms with Crippen LogP contribution in [-0.4, -0.2) is 19.1 Å². The van der Waals surface area contributed by atoms with Crippen molar-refractivity contribution >= 4 is 27.5 Å². The molecule has 1 saturated heterocycles. The highest BCUT2D eigenvalue weighted by molar-refractivity contribution is 9.10. The van der Waals surface area contributed by atoms with Crippen LogP contribution in [0.15, 0.2) is 22.7 Å². The molecular formula is C13H16BrNO2. The SMILES string of the molecule is CCC1(C(=O)Nc2ccc(Br)c(C)c2)COC1. The molecule has 0 bridgehead atoms. The molecule has 4 heteroatoms. The molecule has 92 valence electrons. The minimum atomic E-state index is -0.318. The topological polar surface area (TPSA) is 38.3 Å². The highest BCUT2D eigenvalue weighted by atomic mass is 79.9. The van der Waals surface area contributed by atoms with E-state index in [9.17, 15) is 4.79 Å². The van der Waals surface area contributed by atoms with Crippen LogP contribution >= 0.6 is 15.9 Å². The van der Waals surface area contributed by atoms with Crippen molar-refractivity contribution in [3.8, 4) is 0 Å². The van der Waals surface area contributed by atoms with Crippen LogP contribution in [0.4, 0.5) is 5.69 Å². The molecule has 3 nitrogen and oxygen atoms in total. The lowest BCUT2D eigenvalue weighted by Crippen LogP contribution is -2.51. The van der Waals surface area contributed by atoms with Crippen LogP contribution in [0.25, 0.3) is 0 Å². The largest absolute Gasteiger partial charge is 0.379 e. The average molecular weight is 298 g/mol. The number of amides is 1.